The minimum Gasteiger partial charge on any atom is -0.392 e. The summed E-state index contributed by atoms with van der Waals surface area (Å²) in [4.78, 5) is 14.5. The van der Waals surface area contributed by atoms with E-state index in [1.165, 1.54) is 0 Å². The van der Waals surface area contributed by atoms with Gasteiger partial charge in [-0.2, -0.15) is 0 Å². The molecule has 0 spiro atoms. The average Bonchev–Trinajstić information content (AvgIpc) is 2.49. The summed E-state index contributed by atoms with van der Waals surface area (Å²) in [5.41, 5.74) is 1.03. The Bertz CT molecular complexity index is 506. The first-order valence-electron chi connectivity index (χ1n) is 7.86. The topological polar surface area (TPSA) is 52.6 Å². The third kappa shape index (κ3) is 4.22. The van der Waals surface area contributed by atoms with Crippen LogP contribution in [0.4, 0.5) is 0 Å². The number of aliphatic hydroxyl groups is 1. The molecule has 1 aromatic carbocycles. The summed E-state index contributed by atoms with van der Waals surface area (Å²) in [6.45, 7) is 7.32. The van der Waals surface area contributed by atoms with Crippen LogP contribution in [-0.2, 0) is 4.79 Å². The predicted molar refractivity (Wildman–Crippen MR) is 88.8 cm³/mol. The molecule has 4 atom stereocenters. The minimum absolute atomic E-state index is 0.01000. The van der Waals surface area contributed by atoms with Crippen molar-refractivity contribution in [1.82, 2.24) is 10.2 Å². The number of nitrogens with zero attached hydrogens (tertiary/aromatic N) is 1. The molecule has 122 valence electrons. The Morgan fingerprint density at radius 1 is 1.36 bits per heavy atom. The van der Waals surface area contributed by atoms with Gasteiger partial charge in [-0.1, -0.05) is 30.7 Å². The van der Waals surface area contributed by atoms with E-state index in [4.69, 9.17) is 11.6 Å². The van der Waals surface area contributed by atoms with E-state index in [9.17, 15) is 9.90 Å². The Kier molecular flexibility index (Phi) is 5.84. The molecule has 1 aliphatic heterocycles. The number of amides is 1. The highest BCUT2D eigenvalue weighted by Crippen LogP contribution is 2.20. The van der Waals surface area contributed by atoms with E-state index in [-0.39, 0.29) is 24.1 Å². The van der Waals surface area contributed by atoms with Crippen molar-refractivity contribution in [3.8, 4) is 0 Å². The lowest BCUT2D eigenvalue weighted by molar-refractivity contribution is -0.128. The van der Waals surface area contributed by atoms with E-state index in [2.05, 4.69) is 17.1 Å². The van der Waals surface area contributed by atoms with Crippen molar-refractivity contribution in [3.05, 3.63) is 34.9 Å². The number of likely N-dealkylation sites (tertiary alicyclic amines) is 1. The molecule has 2 rings (SSSR count). The highest BCUT2D eigenvalue weighted by atomic mass is 35.5. The quantitative estimate of drug-likeness (QED) is 0.895. The predicted octanol–water partition coefficient (Wildman–Crippen LogP) is 2.61. The van der Waals surface area contributed by atoms with Crippen LogP contribution < -0.4 is 5.32 Å². The molecule has 0 radical (unpaired) electrons. The van der Waals surface area contributed by atoms with Crippen molar-refractivity contribution < 1.29 is 9.90 Å². The third-order valence-electron chi connectivity index (χ3n) is 4.61. The maximum Gasteiger partial charge on any atom is 0.237 e. The number of hydrogen-bond acceptors (Lipinski definition) is 3. The average molecular weight is 325 g/mol. The summed E-state index contributed by atoms with van der Waals surface area (Å²) in [6, 6.07) is 7.18. The van der Waals surface area contributed by atoms with Crippen LogP contribution in [-0.4, -0.2) is 41.1 Å². The van der Waals surface area contributed by atoms with Crippen molar-refractivity contribution in [2.24, 2.45) is 5.92 Å². The van der Waals surface area contributed by atoms with Crippen molar-refractivity contribution >= 4 is 17.5 Å². The summed E-state index contributed by atoms with van der Waals surface area (Å²) in [5, 5.41) is 13.7. The molecule has 4 nitrogen and oxygen atoms in total. The van der Waals surface area contributed by atoms with Crippen LogP contribution >= 0.6 is 11.6 Å². The van der Waals surface area contributed by atoms with Crippen LogP contribution in [0.3, 0.4) is 0 Å². The van der Waals surface area contributed by atoms with Gasteiger partial charge in [0.15, 0.2) is 0 Å². The summed E-state index contributed by atoms with van der Waals surface area (Å²) in [7, 11) is 0. The fraction of sp³-hybridized carbons (Fsp3) is 0.588. The van der Waals surface area contributed by atoms with E-state index in [0.717, 1.165) is 18.5 Å². The molecular formula is C17H25ClN2O2. The summed E-state index contributed by atoms with van der Waals surface area (Å²) in [6.07, 6.45) is 0.573. The number of rotatable bonds is 4. The Balaban J connectivity index is 1.92. The van der Waals surface area contributed by atoms with Crippen molar-refractivity contribution in [3.63, 3.8) is 0 Å². The molecule has 0 aromatic heterocycles. The molecule has 2 N–H and O–H groups in total. The highest BCUT2D eigenvalue weighted by molar-refractivity contribution is 6.30. The first-order chi connectivity index (χ1) is 10.4. The normalized spacial score (nSPS) is 25.5. The fourth-order valence-electron chi connectivity index (χ4n) is 2.76. The summed E-state index contributed by atoms with van der Waals surface area (Å²) >= 11 is 5.88. The van der Waals surface area contributed by atoms with E-state index in [1.807, 2.05) is 38.1 Å². The lowest BCUT2D eigenvalue weighted by atomic mass is 9.95. The lowest BCUT2D eigenvalue weighted by Crippen LogP contribution is -2.52. The molecule has 1 heterocycles. The number of benzene rings is 1. The standard InChI is InChI=1S/C17H25ClN2O2/c1-11-8-9-20(10-16(11)21)13(3)17(22)19-12(2)14-4-6-15(18)7-5-14/h4-7,11-13,16,21H,8-10H2,1-3H3,(H,19,22). The number of halogens is 1. The second-order valence-electron chi connectivity index (χ2n) is 6.29. The highest BCUT2D eigenvalue weighted by Gasteiger charge is 2.30. The number of aliphatic hydroxyl groups excluding tert-OH is 1. The van der Waals surface area contributed by atoms with Crippen molar-refractivity contribution in [1.29, 1.82) is 0 Å². The van der Waals surface area contributed by atoms with Gasteiger partial charge in [-0.3, -0.25) is 9.69 Å². The van der Waals surface area contributed by atoms with Crippen LogP contribution in [0.2, 0.25) is 5.02 Å². The van der Waals surface area contributed by atoms with E-state index >= 15 is 0 Å². The number of carbonyl (C=O) groups excluding carboxylic acids is 1. The van der Waals surface area contributed by atoms with Gasteiger partial charge in [0.05, 0.1) is 18.2 Å². The smallest absolute Gasteiger partial charge is 0.237 e. The van der Waals surface area contributed by atoms with Gasteiger partial charge in [0.1, 0.15) is 0 Å². The van der Waals surface area contributed by atoms with Gasteiger partial charge in [0.25, 0.3) is 0 Å². The largest absolute Gasteiger partial charge is 0.392 e. The zero-order valence-corrected chi connectivity index (χ0v) is 14.2. The SMILES string of the molecule is CC(NC(=O)C(C)N1CCC(C)C(O)C1)c1ccc(Cl)cc1. The number of β-amino-alcohol motifs (C(OH)–C–C–N with tert-alkyl or cyclic N) is 1. The maximum atomic E-state index is 12.4. The molecule has 5 heteroatoms. The number of nitrogens with one attached hydrogen (secondary N) is 1. The Labute approximate surface area is 137 Å². The summed E-state index contributed by atoms with van der Waals surface area (Å²) in [5.74, 6) is 0.295. The number of hydrogen-bond donors (Lipinski definition) is 2. The summed E-state index contributed by atoms with van der Waals surface area (Å²) < 4.78 is 0. The van der Waals surface area contributed by atoms with Crippen LogP contribution in [0, 0.1) is 5.92 Å². The molecule has 4 unspecified atom stereocenters. The van der Waals surface area contributed by atoms with Crippen molar-refractivity contribution in [2.45, 2.75) is 45.4 Å². The lowest BCUT2D eigenvalue weighted by Gasteiger charge is -2.37. The first kappa shape index (κ1) is 17.3. The maximum absolute atomic E-state index is 12.4. The molecule has 0 saturated carbocycles. The Hall–Kier alpha value is -1.10. The van der Waals surface area contributed by atoms with Gasteiger partial charge in [-0.25, -0.2) is 0 Å². The fourth-order valence-corrected chi connectivity index (χ4v) is 2.89. The molecular weight excluding hydrogens is 300 g/mol. The van der Waals surface area contributed by atoms with Gasteiger partial charge < -0.3 is 10.4 Å². The Morgan fingerprint density at radius 3 is 2.59 bits per heavy atom. The molecule has 0 bridgehead atoms. The molecule has 1 aliphatic rings. The van der Waals surface area contributed by atoms with Gasteiger partial charge >= 0.3 is 0 Å². The van der Waals surface area contributed by atoms with Gasteiger partial charge in [-0.05, 0) is 50.4 Å². The third-order valence-corrected chi connectivity index (χ3v) is 4.86. The molecule has 22 heavy (non-hydrogen) atoms. The number of carbonyl (C=O) groups is 1. The van der Waals surface area contributed by atoms with Crippen LogP contribution in [0.5, 0.6) is 0 Å². The minimum atomic E-state index is -0.349. The zero-order valence-electron chi connectivity index (χ0n) is 13.4. The van der Waals surface area contributed by atoms with E-state index in [0.29, 0.717) is 17.5 Å². The molecule has 1 aromatic rings. The molecule has 0 aliphatic carbocycles. The van der Waals surface area contributed by atoms with Gasteiger partial charge in [-0.15, -0.1) is 0 Å². The monoisotopic (exact) mass is 324 g/mol. The van der Waals surface area contributed by atoms with Crippen LogP contribution in [0.1, 0.15) is 38.8 Å². The van der Waals surface area contributed by atoms with Crippen LogP contribution in [0.15, 0.2) is 24.3 Å². The number of piperidine rings is 1. The van der Waals surface area contributed by atoms with Gasteiger partial charge in [0, 0.05) is 11.6 Å². The Morgan fingerprint density at radius 2 is 2.00 bits per heavy atom. The van der Waals surface area contributed by atoms with Crippen LogP contribution in [0.25, 0.3) is 0 Å². The van der Waals surface area contributed by atoms with Gasteiger partial charge in [0.2, 0.25) is 5.91 Å². The van der Waals surface area contributed by atoms with E-state index in [1.54, 1.807) is 0 Å². The molecule has 1 fully saturated rings. The first-order valence-corrected chi connectivity index (χ1v) is 8.24. The molecule has 1 amide bonds. The molecule has 1 saturated heterocycles. The second-order valence-corrected chi connectivity index (χ2v) is 6.72. The second kappa shape index (κ2) is 7.44. The van der Waals surface area contributed by atoms with Crippen molar-refractivity contribution in [2.75, 3.05) is 13.1 Å². The zero-order chi connectivity index (χ0) is 16.3. The van der Waals surface area contributed by atoms with E-state index < -0.39 is 0 Å².